The summed E-state index contributed by atoms with van der Waals surface area (Å²) >= 11 is 0. The van der Waals surface area contributed by atoms with Gasteiger partial charge in [0.15, 0.2) is 0 Å². The maximum Gasteiger partial charge on any atom is 0.423 e. The molecule has 1 rings (SSSR count). The van der Waals surface area contributed by atoms with Crippen LogP contribution >= 0.6 is 0 Å². The summed E-state index contributed by atoms with van der Waals surface area (Å²) in [4.78, 5) is 0. The molecule has 2 nitrogen and oxygen atoms in total. The molecule has 0 aliphatic heterocycles. The van der Waals surface area contributed by atoms with Gasteiger partial charge in [0.1, 0.15) is 0 Å². The van der Waals surface area contributed by atoms with E-state index in [0.717, 1.165) is 5.56 Å². The normalized spacial score (nSPS) is 12.8. The van der Waals surface area contributed by atoms with Gasteiger partial charge in [-0.1, -0.05) is 18.2 Å². The fourth-order valence-electron chi connectivity index (χ4n) is 1.51. The van der Waals surface area contributed by atoms with Gasteiger partial charge >= 0.3 is 12.4 Å². The van der Waals surface area contributed by atoms with E-state index in [1.54, 1.807) is 31.2 Å². The molecule has 8 heteroatoms. The van der Waals surface area contributed by atoms with Crippen LogP contribution in [0.5, 0.6) is 0 Å². The van der Waals surface area contributed by atoms with Gasteiger partial charge in [0.05, 0.1) is 6.61 Å². The number of rotatable bonds is 5. The van der Waals surface area contributed by atoms with Crippen LogP contribution < -0.4 is 5.32 Å². The molecule has 0 aliphatic rings. The molecule has 0 aromatic heterocycles. The molecule has 0 fully saturated rings. The van der Waals surface area contributed by atoms with E-state index in [1.165, 1.54) is 0 Å². The van der Waals surface area contributed by atoms with Crippen LogP contribution in [0.2, 0.25) is 0 Å². The minimum atomic E-state index is -5.47. The van der Waals surface area contributed by atoms with Crippen LogP contribution in [-0.2, 0) is 4.74 Å². The van der Waals surface area contributed by atoms with E-state index in [1.807, 2.05) is 0 Å². The highest BCUT2D eigenvalue weighted by molar-refractivity contribution is 5.50. The van der Waals surface area contributed by atoms with Crippen molar-refractivity contribution in [3.05, 3.63) is 29.8 Å². The smallest absolute Gasteiger partial charge is 0.383 e. The number of alkyl halides is 6. The number of hydrogen-bond donors (Lipinski definition) is 1. The highest BCUT2D eigenvalue weighted by Gasteiger charge is 2.57. The summed E-state index contributed by atoms with van der Waals surface area (Å²) in [5.74, 6) is 0. The third-order valence-electron chi connectivity index (χ3n) is 2.44. The lowest BCUT2D eigenvalue weighted by atomic mass is 10.2. The molecule has 0 bridgehead atoms. The molecular formula is C12H13F6NO. The number of aryl methyl sites for hydroxylation is 1. The Labute approximate surface area is 111 Å². The van der Waals surface area contributed by atoms with E-state index >= 15 is 0 Å². The maximum absolute atomic E-state index is 12.2. The van der Waals surface area contributed by atoms with Crippen LogP contribution in [0.4, 0.5) is 32.0 Å². The van der Waals surface area contributed by atoms with Gasteiger partial charge in [-0.25, -0.2) is 0 Å². The summed E-state index contributed by atoms with van der Waals surface area (Å²) in [5.41, 5.74) is 1.46. The fourth-order valence-corrected chi connectivity index (χ4v) is 1.51. The summed E-state index contributed by atoms with van der Waals surface area (Å²) in [6.45, 7) is 0.892. The quantitative estimate of drug-likeness (QED) is 0.657. The minimum Gasteiger partial charge on any atom is -0.383 e. The highest BCUT2D eigenvalue weighted by atomic mass is 19.4. The van der Waals surface area contributed by atoms with Crippen molar-refractivity contribution in [2.75, 3.05) is 18.5 Å². The van der Waals surface area contributed by atoms with Crippen molar-refractivity contribution in [1.82, 2.24) is 0 Å². The van der Waals surface area contributed by atoms with Crippen molar-refractivity contribution in [3.63, 3.8) is 0 Å². The molecule has 20 heavy (non-hydrogen) atoms. The van der Waals surface area contributed by atoms with Crippen molar-refractivity contribution in [2.24, 2.45) is 0 Å². The SMILES string of the molecule is Cc1ccccc1NCCOC(C(F)(F)F)C(F)(F)F. The van der Waals surface area contributed by atoms with Gasteiger partial charge in [0.2, 0.25) is 6.10 Å². The lowest BCUT2D eigenvalue weighted by molar-refractivity contribution is -0.321. The summed E-state index contributed by atoms with van der Waals surface area (Å²) in [7, 11) is 0. The molecule has 1 N–H and O–H groups in total. The predicted octanol–water partition coefficient (Wildman–Crippen LogP) is 3.92. The topological polar surface area (TPSA) is 21.3 Å². The van der Waals surface area contributed by atoms with Crippen LogP contribution in [0.15, 0.2) is 24.3 Å². The fraction of sp³-hybridized carbons (Fsp3) is 0.500. The molecule has 0 aliphatic carbocycles. The average Bonchev–Trinajstić information content (AvgIpc) is 2.27. The van der Waals surface area contributed by atoms with Crippen molar-refractivity contribution >= 4 is 5.69 Å². The number of hydrogen-bond acceptors (Lipinski definition) is 2. The number of benzene rings is 1. The number of para-hydroxylation sites is 1. The molecule has 0 unspecified atom stereocenters. The van der Waals surface area contributed by atoms with Crippen molar-refractivity contribution < 1.29 is 31.1 Å². The monoisotopic (exact) mass is 301 g/mol. The first-order valence-electron chi connectivity index (χ1n) is 5.67. The van der Waals surface area contributed by atoms with Gasteiger partial charge in [-0.05, 0) is 18.6 Å². The first-order chi connectivity index (χ1) is 9.12. The number of anilines is 1. The van der Waals surface area contributed by atoms with E-state index in [4.69, 9.17) is 0 Å². The Morgan fingerprint density at radius 3 is 2.10 bits per heavy atom. The molecule has 0 saturated carbocycles. The molecule has 0 spiro atoms. The van der Waals surface area contributed by atoms with Crippen LogP contribution in [0.1, 0.15) is 5.56 Å². The van der Waals surface area contributed by atoms with E-state index in [-0.39, 0.29) is 6.54 Å². The Kier molecular flexibility index (Phi) is 5.27. The number of halogens is 6. The van der Waals surface area contributed by atoms with Gasteiger partial charge in [0, 0.05) is 12.2 Å². The molecule has 0 atom stereocenters. The zero-order valence-corrected chi connectivity index (χ0v) is 10.5. The summed E-state index contributed by atoms with van der Waals surface area (Å²) in [6.07, 6.45) is -14.7. The van der Waals surface area contributed by atoms with E-state index in [2.05, 4.69) is 10.1 Å². The third-order valence-corrected chi connectivity index (χ3v) is 2.44. The molecule has 0 saturated heterocycles. The van der Waals surface area contributed by atoms with Crippen molar-refractivity contribution in [3.8, 4) is 0 Å². The van der Waals surface area contributed by atoms with Gasteiger partial charge in [-0.3, -0.25) is 0 Å². The Bertz CT molecular complexity index is 415. The first-order valence-corrected chi connectivity index (χ1v) is 5.67. The standard InChI is InChI=1S/C12H13F6NO/c1-8-4-2-3-5-9(8)19-6-7-20-10(11(13,14)15)12(16,17)18/h2-5,10,19H,6-7H2,1H3. The Morgan fingerprint density at radius 2 is 1.60 bits per heavy atom. The van der Waals surface area contributed by atoms with Gasteiger partial charge in [0.25, 0.3) is 0 Å². The van der Waals surface area contributed by atoms with Crippen LogP contribution in [0, 0.1) is 6.92 Å². The Balaban J connectivity index is 2.48. The Hall–Kier alpha value is -1.44. The van der Waals surface area contributed by atoms with Gasteiger partial charge in [-0.2, -0.15) is 26.3 Å². The summed E-state index contributed by atoms with van der Waals surface area (Å²) in [6, 6.07) is 6.89. The zero-order valence-electron chi connectivity index (χ0n) is 10.5. The lowest BCUT2D eigenvalue weighted by Gasteiger charge is -2.23. The second-order valence-electron chi connectivity index (χ2n) is 4.08. The third kappa shape index (κ3) is 4.92. The average molecular weight is 301 g/mol. The van der Waals surface area contributed by atoms with Crippen molar-refractivity contribution in [1.29, 1.82) is 0 Å². The molecule has 0 amide bonds. The predicted molar refractivity (Wildman–Crippen MR) is 61.5 cm³/mol. The molecule has 1 aromatic carbocycles. The van der Waals surface area contributed by atoms with Crippen LogP contribution in [-0.4, -0.2) is 31.6 Å². The molecule has 114 valence electrons. The summed E-state index contributed by atoms with van der Waals surface area (Å²) in [5, 5.41) is 2.71. The molecule has 1 aromatic rings. The Morgan fingerprint density at radius 1 is 1.05 bits per heavy atom. The second kappa shape index (κ2) is 6.34. The van der Waals surface area contributed by atoms with Gasteiger partial charge < -0.3 is 10.1 Å². The van der Waals surface area contributed by atoms with E-state index in [9.17, 15) is 26.3 Å². The van der Waals surface area contributed by atoms with Crippen LogP contribution in [0.3, 0.4) is 0 Å². The highest BCUT2D eigenvalue weighted by Crippen LogP contribution is 2.35. The molecule has 0 heterocycles. The summed E-state index contributed by atoms with van der Waals surface area (Å²) < 4.78 is 76.9. The van der Waals surface area contributed by atoms with Crippen molar-refractivity contribution in [2.45, 2.75) is 25.4 Å². The number of nitrogens with one attached hydrogen (secondary N) is 1. The second-order valence-corrected chi connectivity index (χ2v) is 4.08. The van der Waals surface area contributed by atoms with Crippen LogP contribution in [0.25, 0.3) is 0 Å². The minimum absolute atomic E-state index is 0.159. The lowest BCUT2D eigenvalue weighted by Crippen LogP contribution is -2.45. The van der Waals surface area contributed by atoms with E-state index < -0.39 is 25.1 Å². The maximum atomic E-state index is 12.2. The van der Waals surface area contributed by atoms with E-state index in [0.29, 0.717) is 5.69 Å². The largest absolute Gasteiger partial charge is 0.423 e. The number of ether oxygens (including phenoxy) is 1. The first kappa shape index (κ1) is 16.6. The molecule has 0 radical (unpaired) electrons. The molecular weight excluding hydrogens is 288 g/mol. The zero-order chi connectivity index (χ0) is 15.4. The van der Waals surface area contributed by atoms with Gasteiger partial charge in [-0.15, -0.1) is 0 Å².